The molecule has 2 rings (SSSR count). The Kier molecular flexibility index (Phi) is 4.16. The summed E-state index contributed by atoms with van der Waals surface area (Å²) in [6.07, 6.45) is -4.62. The molecule has 0 fully saturated rings. The van der Waals surface area contributed by atoms with E-state index in [0.717, 1.165) is 24.3 Å². The van der Waals surface area contributed by atoms with Gasteiger partial charge in [0, 0.05) is 11.1 Å². The van der Waals surface area contributed by atoms with Crippen LogP contribution < -0.4 is 0 Å². The van der Waals surface area contributed by atoms with E-state index in [1.165, 1.54) is 24.3 Å². The van der Waals surface area contributed by atoms with Crippen LogP contribution in [0.1, 0.15) is 23.8 Å². The molecule has 0 N–H and O–H groups in total. The molecule has 0 spiro atoms. The van der Waals surface area contributed by atoms with Gasteiger partial charge in [-0.1, -0.05) is 36.4 Å². The highest BCUT2D eigenvalue weighted by atomic mass is 19.2. The van der Waals surface area contributed by atoms with Gasteiger partial charge in [-0.15, -0.1) is 0 Å². The summed E-state index contributed by atoms with van der Waals surface area (Å²) in [7, 11) is 0. The number of hydrogen-bond donors (Lipinski definition) is 0. The lowest BCUT2D eigenvalue weighted by atomic mass is 10.2. The van der Waals surface area contributed by atoms with Crippen molar-refractivity contribution >= 4 is 0 Å². The molecule has 0 saturated carbocycles. The van der Waals surface area contributed by atoms with Crippen molar-refractivity contribution in [3.63, 3.8) is 0 Å². The van der Waals surface area contributed by atoms with E-state index in [1.807, 2.05) is 0 Å². The van der Waals surface area contributed by atoms with Crippen LogP contribution in [0.3, 0.4) is 0 Å². The first-order valence-electron chi connectivity index (χ1n) is 5.52. The second kappa shape index (κ2) is 5.84. The van der Waals surface area contributed by atoms with E-state index in [-0.39, 0.29) is 0 Å². The van der Waals surface area contributed by atoms with Gasteiger partial charge < -0.3 is 4.74 Å². The molecule has 0 aromatic heterocycles. The van der Waals surface area contributed by atoms with Gasteiger partial charge in [0.1, 0.15) is 11.6 Å². The van der Waals surface area contributed by atoms with Crippen molar-refractivity contribution in [2.24, 2.45) is 0 Å². The van der Waals surface area contributed by atoms with Gasteiger partial charge in [-0.05, 0) is 12.1 Å². The van der Waals surface area contributed by atoms with Crippen molar-refractivity contribution in [1.82, 2.24) is 0 Å². The predicted molar refractivity (Wildman–Crippen MR) is 61.6 cm³/mol. The molecule has 2 unspecified atom stereocenters. The smallest absolute Gasteiger partial charge is 0.230 e. The number of benzene rings is 2. The average Bonchev–Trinajstić information content (AvgIpc) is 2.39. The predicted octanol–water partition coefficient (Wildman–Crippen LogP) is 4.62. The van der Waals surface area contributed by atoms with Gasteiger partial charge >= 0.3 is 0 Å². The Morgan fingerprint density at radius 1 is 0.684 bits per heavy atom. The first-order valence-corrected chi connectivity index (χ1v) is 5.52. The summed E-state index contributed by atoms with van der Waals surface area (Å²) in [4.78, 5) is 0. The summed E-state index contributed by atoms with van der Waals surface area (Å²) in [6.45, 7) is 0. The van der Waals surface area contributed by atoms with Crippen LogP contribution in [0.5, 0.6) is 0 Å². The summed E-state index contributed by atoms with van der Waals surface area (Å²) in [6, 6.07) is 9.85. The fraction of sp³-hybridized carbons (Fsp3) is 0.143. The van der Waals surface area contributed by atoms with E-state index in [0.29, 0.717) is 0 Å². The largest absolute Gasteiger partial charge is 0.305 e. The molecule has 2 aromatic carbocycles. The molecule has 100 valence electrons. The van der Waals surface area contributed by atoms with Crippen LogP contribution in [0.15, 0.2) is 48.5 Å². The van der Waals surface area contributed by atoms with Crippen LogP contribution in [0, 0.1) is 11.6 Å². The lowest BCUT2D eigenvalue weighted by molar-refractivity contribution is -0.148. The van der Waals surface area contributed by atoms with Crippen molar-refractivity contribution in [2.75, 3.05) is 0 Å². The Morgan fingerprint density at radius 3 is 1.42 bits per heavy atom. The Bertz CT molecular complexity index is 509. The highest BCUT2D eigenvalue weighted by molar-refractivity contribution is 5.20. The number of hydrogen-bond acceptors (Lipinski definition) is 1. The van der Waals surface area contributed by atoms with E-state index in [1.54, 1.807) is 0 Å². The molecule has 0 aliphatic rings. The van der Waals surface area contributed by atoms with Gasteiger partial charge in [0.15, 0.2) is 0 Å². The van der Waals surface area contributed by atoms with E-state index < -0.39 is 35.5 Å². The third-order valence-corrected chi connectivity index (χ3v) is 2.54. The summed E-state index contributed by atoms with van der Waals surface area (Å²) in [5.41, 5.74) is -0.858. The van der Waals surface area contributed by atoms with Gasteiger partial charge in [0.25, 0.3) is 0 Å². The molecule has 0 bridgehead atoms. The Morgan fingerprint density at radius 2 is 1.05 bits per heavy atom. The molecule has 1 nitrogen and oxygen atoms in total. The monoisotopic (exact) mass is 270 g/mol. The number of alkyl halides is 2. The summed E-state index contributed by atoms with van der Waals surface area (Å²) in [5.74, 6) is -1.70. The van der Waals surface area contributed by atoms with Gasteiger partial charge in [0.05, 0.1) is 0 Å². The molecule has 0 saturated heterocycles. The normalized spacial score (nSPS) is 14.1. The van der Waals surface area contributed by atoms with E-state index in [9.17, 15) is 17.6 Å². The molecular weight excluding hydrogens is 260 g/mol. The summed E-state index contributed by atoms with van der Waals surface area (Å²) >= 11 is 0. The van der Waals surface area contributed by atoms with Crippen molar-refractivity contribution in [2.45, 2.75) is 12.7 Å². The lowest BCUT2D eigenvalue weighted by Gasteiger charge is -2.15. The van der Waals surface area contributed by atoms with Crippen molar-refractivity contribution in [3.8, 4) is 0 Å². The lowest BCUT2D eigenvalue weighted by Crippen LogP contribution is -2.06. The summed E-state index contributed by atoms with van der Waals surface area (Å²) in [5, 5.41) is 0. The van der Waals surface area contributed by atoms with E-state index in [2.05, 4.69) is 4.74 Å². The van der Waals surface area contributed by atoms with Gasteiger partial charge in [-0.2, -0.15) is 0 Å². The molecule has 0 amide bonds. The van der Waals surface area contributed by atoms with Crippen LogP contribution in [0.4, 0.5) is 17.6 Å². The Labute approximate surface area is 107 Å². The van der Waals surface area contributed by atoms with E-state index in [4.69, 9.17) is 0 Å². The molecule has 2 atom stereocenters. The SMILES string of the molecule is Fc1ccccc1C(F)OC(F)c1ccccc1F. The molecule has 0 heterocycles. The van der Waals surface area contributed by atoms with Crippen LogP contribution in [0.2, 0.25) is 0 Å². The van der Waals surface area contributed by atoms with Crippen molar-refractivity contribution < 1.29 is 22.3 Å². The fourth-order valence-corrected chi connectivity index (χ4v) is 1.57. The highest BCUT2D eigenvalue weighted by Crippen LogP contribution is 2.30. The second-order valence-electron chi connectivity index (χ2n) is 3.81. The topological polar surface area (TPSA) is 9.23 Å². The minimum Gasteiger partial charge on any atom is -0.305 e. The quantitative estimate of drug-likeness (QED) is 0.737. The maximum absolute atomic E-state index is 13.6. The Balaban J connectivity index is 2.13. The molecule has 0 aliphatic carbocycles. The first-order chi connectivity index (χ1) is 9.09. The van der Waals surface area contributed by atoms with Crippen LogP contribution >= 0.6 is 0 Å². The van der Waals surface area contributed by atoms with E-state index >= 15 is 0 Å². The number of halogens is 4. The van der Waals surface area contributed by atoms with Crippen LogP contribution in [-0.2, 0) is 4.74 Å². The third kappa shape index (κ3) is 3.12. The molecule has 0 aliphatic heterocycles. The molecular formula is C14H10F4O. The van der Waals surface area contributed by atoms with Gasteiger partial charge in [-0.25, -0.2) is 17.6 Å². The van der Waals surface area contributed by atoms with Crippen LogP contribution in [0.25, 0.3) is 0 Å². The zero-order chi connectivity index (χ0) is 13.8. The van der Waals surface area contributed by atoms with Crippen molar-refractivity contribution in [1.29, 1.82) is 0 Å². The minimum atomic E-state index is -2.31. The highest BCUT2D eigenvalue weighted by Gasteiger charge is 2.22. The maximum atomic E-state index is 13.6. The second-order valence-corrected chi connectivity index (χ2v) is 3.81. The van der Waals surface area contributed by atoms with Gasteiger partial charge in [-0.3, -0.25) is 0 Å². The molecule has 2 aromatic rings. The average molecular weight is 270 g/mol. The first kappa shape index (κ1) is 13.5. The van der Waals surface area contributed by atoms with Gasteiger partial charge in [0.2, 0.25) is 12.7 Å². The number of rotatable bonds is 4. The zero-order valence-corrected chi connectivity index (χ0v) is 9.69. The van der Waals surface area contributed by atoms with Crippen molar-refractivity contribution in [3.05, 3.63) is 71.3 Å². The third-order valence-electron chi connectivity index (χ3n) is 2.54. The zero-order valence-electron chi connectivity index (χ0n) is 9.69. The standard InChI is InChI=1S/C14H10F4O/c15-11-7-3-1-5-9(11)13(17)19-14(18)10-6-2-4-8-12(10)16/h1-8,13-14H. The molecule has 5 heteroatoms. The minimum absolute atomic E-state index is 0.429. The fourth-order valence-electron chi connectivity index (χ4n) is 1.57. The summed E-state index contributed by atoms with van der Waals surface area (Å²) < 4.78 is 58.2. The number of ether oxygens (including phenoxy) is 1. The Hall–Kier alpha value is -1.88. The van der Waals surface area contributed by atoms with Crippen LogP contribution in [-0.4, -0.2) is 0 Å². The maximum Gasteiger partial charge on any atom is 0.230 e. The molecule has 19 heavy (non-hydrogen) atoms. The molecule has 0 radical (unpaired) electrons.